The summed E-state index contributed by atoms with van der Waals surface area (Å²) in [5.41, 5.74) is 0. The van der Waals surface area contributed by atoms with Crippen LogP contribution in [0.25, 0.3) is 0 Å². The van der Waals surface area contributed by atoms with Crippen LogP contribution in [0, 0.1) is 0 Å². The van der Waals surface area contributed by atoms with Crippen molar-refractivity contribution in [2.75, 3.05) is 52.7 Å². The van der Waals surface area contributed by atoms with Crippen LogP contribution in [0.15, 0.2) is 24.3 Å². The van der Waals surface area contributed by atoms with Gasteiger partial charge in [0.25, 0.3) is 0 Å². The first kappa shape index (κ1) is 15.6. The van der Waals surface area contributed by atoms with Crippen molar-refractivity contribution in [3.8, 4) is 11.5 Å². The Morgan fingerprint density at radius 2 is 2.00 bits per heavy atom. The summed E-state index contributed by atoms with van der Waals surface area (Å²) in [6, 6.07) is 7.60. The molecule has 2 atom stereocenters. The third-order valence-corrected chi connectivity index (χ3v) is 3.75. The van der Waals surface area contributed by atoms with Crippen molar-refractivity contribution >= 4 is 0 Å². The first-order valence-electron chi connectivity index (χ1n) is 7.75. The summed E-state index contributed by atoms with van der Waals surface area (Å²) in [6.07, 6.45) is -0.625. The van der Waals surface area contributed by atoms with Gasteiger partial charge in [-0.2, -0.15) is 0 Å². The quantitative estimate of drug-likeness (QED) is 0.827. The first-order chi connectivity index (χ1) is 10.8. The summed E-state index contributed by atoms with van der Waals surface area (Å²) >= 11 is 0. The molecule has 6 heteroatoms. The standard InChI is InChI=1S/C16H23NO5/c18-13(9-17-5-7-19-8-6-17)10-20-11-14-12-21-15-3-1-2-4-16(15)22-14/h1-4,13-14,18H,5-12H2/t13-,14-/m1/s1. The van der Waals surface area contributed by atoms with Gasteiger partial charge in [-0.15, -0.1) is 0 Å². The summed E-state index contributed by atoms with van der Waals surface area (Å²) < 4.78 is 22.3. The zero-order valence-corrected chi connectivity index (χ0v) is 12.6. The van der Waals surface area contributed by atoms with Crippen molar-refractivity contribution in [3.63, 3.8) is 0 Å². The van der Waals surface area contributed by atoms with Crippen molar-refractivity contribution in [2.24, 2.45) is 0 Å². The van der Waals surface area contributed by atoms with Gasteiger partial charge in [-0.25, -0.2) is 0 Å². The van der Waals surface area contributed by atoms with Gasteiger partial charge < -0.3 is 24.1 Å². The minimum absolute atomic E-state index is 0.134. The molecule has 0 unspecified atom stereocenters. The van der Waals surface area contributed by atoms with Crippen molar-refractivity contribution in [1.82, 2.24) is 4.90 Å². The molecule has 1 N–H and O–H groups in total. The number of fused-ring (bicyclic) bond motifs is 1. The van der Waals surface area contributed by atoms with E-state index in [1.54, 1.807) is 0 Å². The molecule has 0 radical (unpaired) electrons. The summed E-state index contributed by atoms with van der Waals surface area (Å²) in [4.78, 5) is 2.19. The molecule has 0 saturated carbocycles. The molecule has 3 rings (SSSR count). The molecule has 1 saturated heterocycles. The average Bonchev–Trinajstić information content (AvgIpc) is 2.55. The Morgan fingerprint density at radius 3 is 2.82 bits per heavy atom. The number of rotatable bonds is 6. The van der Waals surface area contributed by atoms with Crippen LogP contribution in [0.1, 0.15) is 0 Å². The van der Waals surface area contributed by atoms with Crippen molar-refractivity contribution in [1.29, 1.82) is 0 Å². The fraction of sp³-hybridized carbons (Fsp3) is 0.625. The second kappa shape index (κ2) is 7.78. The molecule has 122 valence electrons. The molecule has 6 nitrogen and oxygen atoms in total. The van der Waals surface area contributed by atoms with Crippen LogP contribution >= 0.6 is 0 Å². The van der Waals surface area contributed by atoms with Gasteiger partial charge >= 0.3 is 0 Å². The van der Waals surface area contributed by atoms with E-state index in [-0.39, 0.29) is 6.10 Å². The van der Waals surface area contributed by atoms with Gasteiger partial charge in [-0.1, -0.05) is 12.1 Å². The number of benzene rings is 1. The fourth-order valence-corrected chi connectivity index (χ4v) is 2.62. The Labute approximate surface area is 130 Å². The fourth-order valence-electron chi connectivity index (χ4n) is 2.62. The topological polar surface area (TPSA) is 60.4 Å². The normalized spacial score (nSPS) is 23.2. The number of para-hydroxylation sites is 2. The minimum Gasteiger partial charge on any atom is -0.486 e. The average molecular weight is 309 g/mol. The maximum atomic E-state index is 10.0. The van der Waals surface area contributed by atoms with Crippen LogP contribution in [0.2, 0.25) is 0 Å². The van der Waals surface area contributed by atoms with Crippen LogP contribution in [-0.4, -0.2) is 74.9 Å². The number of β-amino-alcohol motifs (C(OH)–C–C–N with tert-alkyl or cyclic N) is 1. The van der Waals surface area contributed by atoms with Crippen LogP contribution in [0.3, 0.4) is 0 Å². The lowest BCUT2D eigenvalue weighted by Gasteiger charge is -2.29. The Morgan fingerprint density at radius 1 is 1.23 bits per heavy atom. The monoisotopic (exact) mass is 309 g/mol. The maximum absolute atomic E-state index is 10.0. The van der Waals surface area contributed by atoms with Gasteiger partial charge in [0, 0.05) is 19.6 Å². The number of hydrogen-bond donors (Lipinski definition) is 1. The van der Waals surface area contributed by atoms with Crippen LogP contribution in [0.4, 0.5) is 0 Å². The van der Waals surface area contributed by atoms with Gasteiger partial charge in [-0.05, 0) is 12.1 Å². The Hall–Kier alpha value is -1.34. The second-order valence-electron chi connectivity index (χ2n) is 5.60. The minimum atomic E-state index is -0.491. The summed E-state index contributed by atoms with van der Waals surface area (Å²) in [5.74, 6) is 1.52. The number of aliphatic hydroxyl groups is 1. The van der Waals surface area contributed by atoms with Crippen LogP contribution in [-0.2, 0) is 9.47 Å². The van der Waals surface area contributed by atoms with E-state index in [1.165, 1.54) is 0 Å². The highest BCUT2D eigenvalue weighted by molar-refractivity contribution is 5.40. The number of hydrogen-bond acceptors (Lipinski definition) is 6. The molecule has 1 aromatic rings. The lowest BCUT2D eigenvalue weighted by atomic mass is 10.2. The van der Waals surface area contributed by atoms with E-state index >= 15 is 0 Å². The molecule has 1 aromatic carbocycles. The van der Waals surface area contributed by atoms with E-state index in [2.05, 4.69) is 4.90 Å². The second-order valence-corrected chi connectivity index (χ2v) is 5.60. The Bertz CT molecular complexity index is 464. The summed E-state index contributed by atoms with van der Waals surface area (Å²) in [6.45, 7) is 5.01. The SMILES string of the molecule is O[C@@H](COC[C@@H]1COc2ccccc2O1)CN1CCOCC1. The zero-order valence-electron chi connectivity index (χ0n) is 12.6. The van der Waals surface area contributed by atoms with E-state index in [9.17, 15) is 5.11 Å². The summed E-state index contributed by atoms with van der Waals surface area (Å²) in [5, 5.41) is 10.0. The molecule has 0 amide bonds. The molecule has 2 aliphatic rings. The van der Waals surface area contributed by atoms with Crippen LogP contribution in [0.5, 0.6) is 11.5 Å². The molecule has 22 heavy (non-hydrogen) atoms. The van der Waals surface area contributed by atoms with E-state index < -0.39 is 6.10 Å². The molecular formula is C16H23NO5. The molecule has 0 aromatic heterocycles. The maximum Gasteiger partial charge on any atom is 0.161 e. The predicted octanol–water partition coefficient (Wildman–Crippen LogP) is 0.536. The third-order valence-electron chi connectivity index (χ3n) is 3.75. The largest absolute Gasteiger partial charge is 0.486 e. The number of aliphatic hydroxyl groups excluding tert-OH is 1. The summed E-state index contributed by atoms with van der Waals surface area (Å²) in [7, 11) is 0. The molecule has 0 bridgehead atoms. The van der Waals surface area contributed by atoms with Crippen LogP contribution < -0.4 is 9.47 Å². The highest BCUT2D eigenvalue weighted by Crippen LogP contribution is 2.30. The van der Waals surface area contributed by atoms with E-state index in [4.69, 9.17) is 18.9 Å². The number of morpholine rings is 1. The lowest BCUT2D eigenvalue weighted by molar-refractivity contribution is -0.0391. The van der Waals surface area contributed by atoms with Crippen molar-refractivity contribution in [2.45, 2.75) is 12.2 Å². The molecule has 0 aliphatic carbocycles. The Kier molecular flexibility index (Phi) is 5.50. The van der Waals surface area contributed by atoms with Gasteiger partial charge in [-0.3, -0.25) is 4.90 Å². The van der Waals surface area contributed by atoms with Gasteiger partial charge in [0.2, 0.25) is 0 Å². The molecule has 1 fully saturated rings. The molecule has 0 spiro atoms. The van der Waals surface area contributed by atoms with E-state index in [0.29, 0.717) is 26.4 Å². The Balaban J connectivity index is 1.35. The third kappa shape index (κ3) is 4.33. The smallest absolute Gasteiger partial charge is 0.161 e. The van der Waals surface area contributed by atoms with Gasteiger partial charge in [0.05, 0.1) is 32.5 Å². The molecular weight excluding hydrogens is 286 g/mol. The van der Waals surface area contributed by atoms with Crippen molar-refractivity contribution < 1.29 is 24.1 Å². The van der Waals surface area contributed by atoms with Gasteiger partial charge in [0.15, 0.2) is 17.6 Å². The number of ether oxygens (including phenoxy) is 4. The predicted molar refractivity (Wildman–Crippen MR) is 80.4 cm³/mol. The highest BCUT2D eigenvalue weighted by atomic mass is 16.6. The van der Waals surface area contributed by atoms with E-state index in [0.717, 1.165) is 37.8 Å². The van der Waals surface area contributed by atoms with Gasteiger partial charge in [0.1, 0.15) is 6.61 Å². The zero-order chi connectivity index (χ0) is 15.2. The number of nitrogens with zero attached hydrogens (tertiary/aromatic N) is 1. The lowest BCUT2D eigenvalue weighted by Crippen LogP contribution is -2.42. The highest BCUT2D eigenvalue weighted by Gasteiger charge is 2.21. The van der Waals surface area contributed by atoms with E-state index in [1.807, 2.05) is 24.3 Å². The van der Waals surface area contributed by atoms with Crippen molar-refractivity contribution in [3.05, 3.63) is 24.3 Å². The first-order valence-corrected chi connectivity index (χ1v) is 7.75. The molecule has 2 heterocycles. The molecule has 2 aliphatic heterocycles.